The molecule has 0 bridgehead atoms. The first-order valence-electron chi connectivity index (χ1n) is 8.51. The van der Waals surface area contributed by atoms with Crippen LogP contribution in [0.25, 0.3) is 0 Å². The van der Waals surface area contributed by atoms with Crippen molar-refractivity contribution in [1.82, 2.24) is 4.90 Å². The zero-order valence-corrected chi connectivity index (χ0v) is 13.0. The molecule has 20 heavy (non-hydrogen) atoms. The fraction of sp³-hybridized carbons (Fsp3) is 0.941. The van der Waals surface area contributed by atoms with Gasteiger partial charge in [-0.1, -0.05) is 33.1 Å². The summed E-state index contributed by atoms with van der Waals surface area (Å²) in [7, 11) is 0. The number of carbonyl (C=O) groups is 1. The van der Waals surface area contributed by atoms with E-state index in [2.05, 4.69) is 18.7 Å². The maximum Gasteiger partial charge on any atom is 0.320 e. The summed E-state index contributed by atoms with van der Waals surface area (Å²) in [6, 6.07) is 0.798. The molecular formula is C17H29NO2. The Morgan fingerprint density at radius 1 is 1.05 bits per heavy atom. The van der Waals surface area contributed by atoms with Crippen LogP contribution in [0.15, 0.2) is 0 Å². The van der Waals surface area contributed by atoms with Crippen molar-refractivity contribution in [3.63, 3.8) is 0 Å². The number of carboxylic acids is 1. The van der Waals surface area contributed by atoms with Gasteiger partial charge >= 0.3 is 5.97 Å². The maximum atomic E-state index is 11.8. The molecule has 0 spiro atoms. The quantitative estimate of drug-likeness (QED) is 0.838. The lowest BCUT2D eigenvalue weighted by Crippen LogP contribution is -2.60. The van der Waals surface area contributed by atoms with Crippen molar-refractivity contribution >= 4 is 5.97 Å². The lowest BCUT2D eigenvalue weighted by atomic mass is 9.73. The van der Waals surface area contributed by atoms with Gasteiger partial charge in [-0.15, -0.1) is 0 Å². The minimum atomic E-state index is -0.586. The Morgan fingerprint density at radius 2 is 1.80 bits per heavy atom. The van der Waals surface area contributed by atoms with Crippen LogP contribution in [0.3, 0.4) is 0 Å². The Bertz CT molecular complexity index is 379. The molecule has 0 radical (unpaired) electrons. The first-order chi connectivity index (χ1) is 9.50. The van der Waals surface area contributed by atoms with Crippen LogP contribution >= 0.6 is 0 Å². The van der Waals surface area contributed by atoms with Crippen molar-refractivity contribution in [2.45, 2.75) is 89.8 Å². The summed E-state index contributed by atoms with van der Waals surface area (Å²) >= 11 is 0. The van der Waals surface area contributed by atoms with Crippen LogP contribution < -0.4 is 0 Å². The van der Waals surface area contributed by atoms with Gasteiger partial charge in [0.25, 0.3) is 0 Å². The number of rotatable bonds is 2. The SMILES string of the molecule is CC1(C)CCCC1N1C(C(=O)O)CCC2CCCCC21. The van der Waals surface area contributed by atoms with Crippen LogP contribution in [0.4, 0.5) is 0 Å². The average Bonchev–Trinajstić information content (AvgIpc) is 2.76. The van der Waals surface area contributed by atoms with Crippen molar-refractivity contribution in [2.24, 2.45) is 11.3 Å². The summed E-state index contributed by atoms with van der Waals surface area (Å²) in [5.41, 5.74) is 0.285. The van der Waals surface area contributed by atoms with E-state index in [4.69, 9.17) is 0 Å². The Balaban J connectivity index is 1.89. The van der Waals surface area contributed by atoms with E-state index < -0.39 is 5.97 Å². The summed E-state index contributed by atoms with van der Waals surface area (Å²) < 4.78 is 0. The smallest absolute Gasteiger partial charge is 0.320 e. The molecule has 1 N–H and O–H groups in total. The summed E-state index contributed by atoms with van der Waals surface area (Å²) in [5, 5.41) is 9.69. The van der Waals surface area contributed by atoms with E-state index in [1.54, 1.807) is 0 Å². The third-order valence-electron chi connectivity index (χ3n) is 6.27. The first-order valence-corrected chi connectivity index (χ1v) is 8.51. The molecule has 1 heterocycles. The van der Waals surface area contributed by atoms with Crippen LogP contribution in [-0.2, 0) is 4.79 Å². The lowest BCUT2D eigenvalue weighted by Gasteiger charge is -2.52. The number of hydrogen-bond donors (Lipinski definition) is 1. The molecule has 3 rings (SSSR count). The topological polar surface area (TPSA) is 40.5 Å². The summed E-state index contributed by atoms with van der Waals surface area (Å²) in [6.07, 6.45) is 10.9. The zero-order valence-electron chi connectivity index (χ0n) is 13.0. The zero-order chi connectivity index (χ0) is 14.3. The molecule has 3 aliphatic rings. The van der Waals surface area contributed by atoms with Gasteiger partial charge in [0, 0.05) is 12.1 Å². The van der Waals surface area contributed by atoms with E-state index >= 15 is 0 Å². The maximum absolute atomic E-state index is 11.8. The van der Waals surface area contributed by atoms with E-state index in [1.165, 1.54) is 44.9 Å². The van der Waals surface area contributed by atoms with Crippen LogP contribution in [-0.4, -0.2) is 34.1 Å². The van der Waals surface area contributed by atoms with Crippen molar-refractivity contribution in [3.05, 3.63) is 0 Å². The Morgan fingerprint density at radius 3 is 2.45 bits per heavy atom. The number of fused-ring (bicyclic) bond motifs is 1. The van der Waals surface area contributed by atoms with Crippen LogP contribution in [0.5, 0.6) is 0 Å². The largest absolute Gasteiger partial charge is 0.480 e. The van der Waals surface area contributed by atoms with Gasteiger partial charge in [-0.2, -0.15) is 0 Å². The summed E-state index contributed by atoms with van der Waals surface area (Å²) in [4.78, 5) is 14.2. The van der Waals surface area contributed by atoms with E-state index in [0.29, 0.717) is 12.1 Å². The second kappa shape index (κ2) is 5.32. The highest BCUT2D eigenvalue weighted by molar-refractivity contribution is 5.73. The molecule has 3 nitrogen and oxygen atoms in total. The van der Waals surface area contributed by atoms with Gasteiger partial charge in [-0.25, -0.2) is 0 Å². The minimum Gasteiger partial charge on any atom is -0.480 e. The molecule has 0 amide bonds. The molecule has 4 unspecified atom stereocenters. The highest BCUT2D eigenvalue weighted by Crippen LogP contribution is 2.47. The normalized spacial score (nSPS) is 41.3. The van der Waals surface area contributed by atoms with E-state index in [9.17, 15) is 9.90 Å². The highest BCUT2D eigenvalue weighted by Gasteiger charge is 2.49. The molecule has 1 aliphatic heterocycles. The van der Waals surface area contributed by atoms with Gasteiger partial charge < -0.3 is 5.11 Å². The van der Waals surface area contributed by atoms with Crippen molar-refractivity contribution < 1.29 is 9.90 Å². The van der Waals surface area contributed by atoms with Crippen LogP contribution in [0, 0.1) is 11.3 Å². The third kappa shape index (κ3) is 2.38. The number of carboxylic acid groups (broad SMARTS) is 1. The standard InChI is InChI=1S/C17H29NO2/c1-17(2)11-5-8-15(17)18-13-7-4-3-6-12(13)9-10-14(18)16(19)20/h12-15H,3-11H2,1-2H3,(H,19,20). The van der Waals surface area contributed by atoms with Gasteiger partial charge in [0.15, 0.2) is 0 Å². The molecule has 3 fully saturated rings. The van der Waals surface area contributed by atoms with Crippen molar-refractivity contribution in [2.75, 3.05) is 0 Å². The fourth-order valence-corrected chi connectivity index (χ4v) is 5.23. The number of nitrogens with zero attached hydrogens (tertiary/aromatic N) is 1. The van der Waals surface area contributed by atoms with Crippen molar-refractivity contribution in [1.29, 1.82) is 0 Å². The third-order valence-corrected chi connectivity index (χ3v) is 6.27. The molecule has 4 atom stereocenters. The molecular weight excluding hydrogens is 250 g/mol. The number of piperidine rings is 1. The number of hydrogen-bond acceptors (Lipinski definition) is 2. The predicted molar refractivity (Wildman–Crippen MR) is 79.7 cm³/mol. The van der Waals surface area contributed by atoms with E-state index in [1.807, 2.05) is 0 Å². The number of likely N-dealkylation sites (tertiary alicyclic amines) is 1. The van der Waals surface area contributed by atoms with Gasteiger partial charge in [0.1, 0.15) is 6.04 Å². The molecule has 0 aromatic rings. The first kappa shape index (κ1) is 14.4. The molecule has 0 aromatic heterocycles. The molecule has 114 valence electrons. The molecule has 3 heteroatoms. The van der Waals surface area contributed by atoms with Crippen molar-refractivity contribution in [3.8, 4) is 0 Å². The second-order valence-electron chi connectivity index (χ2n) is 7.89. The Kier molecular flexibility index (Phi) is 3.83. The van der Waals surface area contributed by atoms with E-state index in [0.717, 1.165) is 18.8 Å². The number of aliphatic carboxylic acids is 1. The lowest BCUT2D eigenvalue weighted by molar-refractivity contribution is -0.152. The molecule has 0 aromatic carbocycles. The van der Waals surface area contributed by atoms with E-state index in [-0.39, 0.29) is 11.5 Å². The van der Waals surface area contributed by atoms with Crippen LogP contribution in [0.2, 0.25) is 0 Å². The Hall–Kier alpha value is -0.570. The van der Waals surface area contributed by atoms with Gasteiger partial charge in [-0.05, 0) is 49.9 Å². The molecule has 2 aliphatic carbocycles. The van der Waals surface area contributed by atoms with Crippen LogP contribution in [0.1, 0.15) is 71.6 Å². The summed E-state index contributed by atoms with van der Waals surface area (Å²) in [5.74, 6) is 0.174. The fourth-order valence-electron chi connectivity index (χ4n) is 5.23. The summed E-state index contributed by atoms with van der Waals surface area (Å²) in [6.45, 7) is 4.69. The predicted octanol–water partition coefficient (Wildman–Crippen LogP) is 3.67. The highest BCUT2D eigenvalue weighted by atomic mass is 16.4. The molecule has 2 saturated carbocycles. The second-order valence-corrected chi connectivity index (χ2v) is 7.89. The Labute approximate surface area is 122 Å². The molecule has 1 saturated heterocycles. The minimum absolute atomic E-state index is 0.225. The van der Waals surface area contributed by atoms with Gasteiger partial charge in [0.05, 0.1) is 0 Å². The van der Waals surface area contributed by atoms with Gasteiger partial charge in [-0.3, -0.25) is 9.69 Å². The average molecular weight is 279 g/mol. The monoisotopic (exact) mass is 279 g/mol. The van der Waals surface area contributed by atoms with Gasteiger partial charge in [0.2, 0.25) is 0 Å².